The number of nitrogens with two attached hydrogens (primary N) is 2. The third-order valence-electron chi connectivity index (χ3n) is 4.61. The third kappa shape index (κ3) is 5.05. The van der Waals surface area contributed by atoms with E-state index >= 15 is 0 Å². The molecular weight excluding hydrogens is 330 g/mol. The van der Waals surface area contributed by atoms with Gasteiger partial charge in [-0.25, -0.2) is 0 Å². The first-order valence-electron chi connectivity index (χ1n) is 9.06. The van der Waals surface area contributed by atoms with E-state index in [0.29, 0.717) is 37.4 Å². The van der Waals surface area contributed by atoms with Crippen LogP contribution >= 0.6 is 0 Å². The average molecular weight is 359 g/mol. The second-order valence-electron chi connectivity index (χ2n) is 7.25. The van der Waals surface area contributed by atoms with Crippen molar-refractivity contribution in [3.8, 4) is 0 Å². The third-order valence-corrected chi connectivity index (χ3v) is 4.61. The number of carbonyl (C=O) groups excluding carboxylic acids is 2. The van der Waals surface area contributed by atoms with Gasteiger partial charge in [0.2, 0.25) is 11.8 Å². The minimum Gasteiger partial charge on any atom is -0.384 e. The standard InChI is InChI=1S/C19H29N5O2/c1-12(2)10-15(20)19(26)24-9-3-4-16(24)18(25)23-11-13-5-7-14(8-6-13)17(21)22/h5-8,12,15-16H,3-4,9-11,20H2,1-2H3,(H3,21,22)(H,23,25)/t15-,16+/m1/s1. The number of hydrogen-bond donors (Lipinski definition) is 4. The quantitative estimate of drug-likeness (QED) is 0.427. The van der Waals surface area contributed by atoms with Crippen LogP contribution in [0.1, 0.15) is 44.2 Å². The molecular formula is C19H29N5O2. The molecule has 0 aliphatic carbocycles. The summed E-state index contributed by atoms with van der Waals surface area (Å²) in [5, 5.41) is 10.3. The summed E-state index contributed by atoms with van der Waals surface area (Å²) >= 11 is 0. The summed E-state index contributed by atoms with van der Waals surface area (Å²) in [7, 11) is 0. The number of nitrogen functional groups attached to an aromatic ring is 1. The van der Waals surface area contributed by atoms with E-state index in [2.05, 4.69) is 5.32 Å². The van der Waals surface area contributed by atoms with Gasteiger partial charge in [0.15, 0.2) is 0 Å². The monoisotopic (exact) mass is 359 g/mol. The molecule has 0 unspecified atom stereocenters. The molecule has 0 radical (unpaired) electrons. The van der Waals surface area contributed by atoms with Crippen molar-refractivity contribution in [1.29, 1.82) is 5.41 Å². The number of amidine groups is 1. The molecule has 7 nitrogen and oxygen atoms in total. The molecule has 1 aromatic rings. The molecule has 1 aliphatic heterocycles. The highest BCUT2D eigenvalue weighted by Crippen LogP contribution is 2.20. The summed E-state index contributed by atoms with van der Waals surface area (Å²) < 4.78 is 0. The molecule has 1 heterocycles. The van der Waals surface area contributed by atoms with Crippen molar-refractivity contribution in [2.24, 2.45) is 17.4 Å². The van der Waals surface area contributed by atoms with Crippen molar-refractivity contribution < 1.29 is 9.59 Å². The first-order chi connectivity index (χ1) is 12.3. The number of hydrogen-bond acceptors (Lipinski definition) is 4. The largest absolute Gasteiger partial charge is 0.384 e. The fourth-order valence-corrected chi connectivity index (χ4v) is 3.23. The second-order valence-corrected chi connectivity index (χ2v) is 7.25. The Labute approximate surface area is 154 Å². The maximum absolute atomic E-state index is 12.6. The molecule has 2 amide bonds. The summed E-state index contributed by atoms with van der Waals surface area (Å²) in [6, 6.07) is 6.15. The van der Waals surface area contributed by atoms with Crippen molar-refractivity contribution in [3.05, 3.63) is 35.4 Å². The van der Waals surface area contributed by atoms with E-state index in [9.17, 15) is 9.59 Å². The maximum atomic E-state index is 12.6. The Morgan fingerprint density at radius 2 is 1.96 bits per heavy atom. The van der Waals surface area contributed by atoms with Gasteiger partial charge in [0.1, 0.15) is 11.9 Å². The molecule has 6 N–H and O–H groups in total. The molecule has 0 spiro atoms. The van der Waals surface area contributed by atoms with Gasteiger partial charge in [-0.2, -0.15) is 0 Å². The Morgan fingerprint density at radius 1 is 1.31 bits per heavy atom. The Kier molecular flexibility index (Phi) is 6.74. The molecule has 1 aliphatic rings. The van der Waals surface area contributed by atoms with Gasteiger partial charge in [0, 0.05) is 18.7 Å². The number of likely N-dealkylation sites (tertiary alicyclic amines) is 1. The molecule has 1 aromatic carbocycles. The molecule has 1 saturated heterocycles. The summed E-state index contributed by atoms with van der Waals surface area (Å²) in [6.07, 6.45) is 2.09. The number of benzene rings is 1. The summed E-state index contributed by atoms with van der Waals surface area (Å²) in [6.45, 7) is 5.00. The van der Waals surface area contributed by atoms with E-state index in [-0.39, 0.29) is 17.6 Å². The number of rotatable bonds is 7. The highest BCUT2D eigenvalue weighted by atomic mass is 16.2. The summed E-state index contributed by atoms with van der Waals surface area (Å²) in [4.78, 5) is 26.7. The van der Waals surface area contributed by atoms with Crippen LogP contribution in [0.3, 0.4) is 0 Å². The lowest BCUT2D eigenvalue weighted by Gasteiger charge is -2.27. The van der Waals surface area contributed by atoms with Crippen LogP contribution < -0.4 is 16.8 Å². The van der Waals surface area contributed by atoms with Gasteiger partial charge in [0.05, 0.1) is 6.04 Å². The molecule has 26 heavy (non-hydrogen) atoms. The number of amides is 2. The molecule has 0 saturated carbocycles. The fourth-order valence-electron chi connectivity index (χ4n) is 3.23. The van der Waals surface area contributed by atoms with Crippen molar-refractivity contribution in [2.45, 2.75) is 51.7 Å². The lowest BCUT2D eigenvalue weighted by molar-refractivity contribution is -0.139. The Hall–Kier alpha value is -2.41. The first kappa shape index (κ1) is 19.9. The van der Waals surface area contributed by atoms with Crippen LogP contribution in [0.5, 0.6) is 0 Å². The Balaban J connectivity index is 1.93. The highest BCUT2D eigenvalue weighted by Gasteiger charge is 2.36. The minimum atomic E-state index is -0.553. The molecule has 7 heteroatoms. The minimum absolute atomic E-state index is 0.0124. The fraction of sp³-hybridized carbons (Fsp3) is 0.526. The molecule has 1 fully saturated rings. The van der Waals surface area contributed by atoms with Gasteiger partial charge in [-0.3, -0.25) is 15.0 Å². The summed E-state index contributed by atoms with van der Waals surface area (Å²) in [5.74, 6) is 0.0608. The van der Waals surface area contributed by atoms with Crippen LogP contribution in [0.2, 0.25) is 0 Å². The topological polar surface area (TPSA) is 125 Å². The van der Waals surface area contributed by atoms with Crippen molar-refractivity contribution in [3.63, 3.8) is 0 Å². The molecule has 0 bridgehead atoms. The number of carbonyl (C=O) groups is 2. The number of nitrogens with zero attached hydrogens (tertiary/aromatic N) is 1. The molecule has 2 atom stereocenters. The van der Waals surface area contributed by atoms with E-state index in [1.807, 2.05) is 26.0 Å². The van der Waals surface area contributed by atoms with E-state index < -0.39 is 12.1 Å². The molecule has 2 rings (SSSR count). The van der Waals surface area contributed by atoms with E-state index in [4.69, 9.17) is 16.9 Å². The van der Waals surface area contributed by atoms with Crippen molar-refractivity contribution in [2.75, 3.05) is 6.54 Å². The second kappa shape index (κ2) is 8.80. The van der Waals surface area contributed by atoms with Crippen LogP contribution in [0.4, 0.5) is 0 Å². The van der Waals surface area contributed by atoms with E-state index in [1.54, 1.807) is 17.0 Å². The zero-order valence-electron chi connectivity index (χ0n) is 15.5. The molecule has 142 valence electrons. The van der Waals surface area contributed by atoms with Crippen LogP contribution in [0.15, 0.2) is 24.3 Å². The van der Waals surface area contributed by atoms with Crippen LogP contribution in [-0.4, -0.2) is 41.2 Å². The zero-order chi connectivity index (χ0) is 19.3. The van der Waals surface area contributed by atoms with Gasteiger partial charge in [0.25, 0.3) is 0 Å². The van der Waals surface area contributed by atoms with Crippen molar-refractivity contribution >= 4 is 17.6 Å². The van der Waals surface area contributed by atoms with E-state index in [1.165, 1.54) is 0 Å². The maximum Gasteiger partial charge on any atom is 0.243 e. The Morgan fingerprint density at radius 3 is 2.54 bits per heavy atom. The Bertz CT molecular complexity index is 656. The normalized spacial score (nSPS) is 18.0. The van der Waals surface area contributed by atoms with E-state index in [0.717, 1.165) is 12.0 Å². The lowest BCUT2D eigenvalue weighted by atomic mass is 10.0. The first-order valence-corrected chi connectivity index (χ1v) is 9.06. The van der Waals surface area contributed by atoms with Gasteiger partial charge in [-0.15, -0.1) is 0 Å². The highest BCUT2D eigenvalue weighted by molar-refractivity contribution is 5.95. The van der Waals surface area contributed by atoms with Crippen LogP contribution in [0, 0.1) is 11.3 Å². The lowest BCUT2D eigenvalue weighted by Crippen LogP contribution is -2.51. The van der Waals surface area contributed by atoms with Gasteiger partial charge in [-0.05, 0) is 30.7 Å². The summed E-state index contributed by atoms with van der Waals surface area (Å²) in [5.41, 5.74) is 13.0. The van der Waals surface area contributed by atoms with Gasteiger partial charge < -0.3 is 21.7 Å². The van der Waals surface area contributed by atoms with Crippen LogP contribution in [-0.2, 0) is 16.1 Å². The van der Waals surface area contributed by atoms with Gasteiger partial charge >= 0.3 is 0 Å². The zero-order valence-corrected chi connectivity index (χ0v) is 15.5. The predicted molar refractivity (Wildman–Crippen MR) is 101 cm³/mol. The van der Waals surface area contributed by atoms with Gasteiger partial charge in [-0.1, -0.05) is 38.1 Å². The SMILES string of the molecule is CC(C)C[C@@H](N)C(=O)N1CCC[C@H]1C(=O)NCc1ccc(C(=N)N)cc1. The number of nitrogens with one attached hydrogen (secondary N) is 2. The average Bonchev–Trinajstić information content (AvgIpc) is 3.08. The van der Waals surface area contributed by atoms with Crippen LogP contribution in [0.25, 0.3) is 0 Å². The van der Waals surface area contributed by atoms with Crippen molar-refractivity contribution in [1.82, 2.24) is 10.2 Å². The predicted octanol–water partition coefficient (Wildman–Crippen LogP) is 0.951. The molecule has 0 aromatic heterocycles. The smallest absolute Gasteiger partial charge is 0.243 e.